The molecule has 0 spiro atoms. The molecule has 0 N–H and O–H groups in total. The Morgan fingerprint density at radius 1 is 0.344 bits per heavy atom. The van der Waals surface area contributed by atoms with Gasteiger partial charge < -0.3 is 7.43 Å². The van der Waals surface area contributed by atoms with Crippen LogP contribution in [0.3, 0.4) is 0 Å². The Morgan fingerprint density at radius 2 is 0.625 bits per heavy atom. The van der Waals surface area contributed by atoms with Crippen LogP contribution in [0.4, 0.5) is 0 Å². The Hall–Kier alpha value is -3.63. The molecule has 159 valence electrons. The van der Waals surface area contributed by atoms with Gasteiger partial charge in [0.1, 0.15) is 0 Å². The molecule has 0 bridgehead atoms. The first-order valence-electron chi connectivity index (χ1n) is 9.52. The van der Waals surface area contributed by atoms with E-state index in [1.807, 2.05) is 91.0 Å². The summed E-state index contributed by atoms with van der Waals surface area (Å²) < 4.78 is 0. The summed E-state index contributed by atoms with van der Waals surface area (Å²) in [5.41, 5.74) is 5.29. The Bertz CT molecular complexity index is 1080. The summed E-state index contributed by atoms with van der Waals surface area (Å²) in [5.74, 6) is 0. The number of aromatic nitrogens is 5. The smallest absolute Gasteiger partial charge is 0.358 e. The van der Waals surface area contributed by atoms with Crippen LogP contribution in [0.1, 0.15) is 0 Å². The van der Waals surface area contributed by atoms with Crippen LogP contribution in [-0.2, 0) is 19.5 Å². The molecule has 0 aliphatic carbocycles. The number of hydrogen-bond acceptors (Lipinski definition) is 5. The van der Waals surface area contributed by atoms with Crippen molar-refractivity contribution in [3.8, 4) is 34.2 Å². The molecule has 6 heteroatoms. The van der Waals surface area contributed by atoms with Crippen LogP contribution in [0.2, 0.25) is 0 Å². The molecule has 0 amide bonds. The molecule has 0 saturated heterocycles. The van der Waals surface area contributed by atoms with Crippen molar-refractivity contribution in [3.63, 3.8) is 0 Å². The van der Waals surface area contributed by atoms with E-state index >= 15 is 0 Å². The van der Waals surface area contributed by atoms with E-state index in [9.17, 15) is 0 Å². The minimum Gasteiger partial charge on any atom is -0.358 e. The first-order chi connectivity index (χ1) is 14.9. The van der Waals surface area contributed by atoms with E-state index in [0.717, 1.165) is 34.2 Å². The van der Waals surface area contributed by atoms with Crippen molar-refractivity contribution in [1.29, 1.82) is 0 Å². The predicted molar refractivity (Wildman–Crippen MR) is 125 cm³/mol. The molecule has 0 saturated carbocycles. The van der Waals surface area contributed by atoms with Gasteiger partial charge in [-0.3, -0.25) is 19.9 Å². The maximum Gasteiger partial charge on any atom is 1.00 e. The quantitative estimate of drug-likeness (QED) is 0.229. The van der Waals surface area contributed by atoms with Gasteiger partial charge in [0.2, 0.25) is 0 Å². The Labute approximate surface area is 201 Å². The summed E-state index contributed by atoms with van der Waals surface area (Å²) in [4.78, 5) is 21.6. The second-order valence-electron chi connectivity index (χ2n) is 6.27. The molecule has 32 heavy (non-hydrogen) atoms. The van der Waals surface area contributed by atoms with Gasteiger partial charge in [0.25, 0.3) is 0 Å². The van der Waals surface area contributed by atoms with Gasteiger partial charge in [0.05, 0.1) is 34.2 Å². The summed E-state index contributed by atoms with van der Waals surface area (Å²) in [6.07, 6.45) is 7.07. The van der Waals surface area contributed by atoms with Gasteiger partial charge in [-0.05, 0) is 60.7 Å². The van der Waals surface area contributed by atoms with Gasteiger partial charge in [-0.2, -0.15) is 0 Å². The molecule has 0 fully saturated rings. The molecule has 5 rings (SSSR count). The fourth-order valence-corrected chi connectivity index (χ4v) is 2.78. The van der Waals surface area contributed by atoms with Crippen molar-refractivity contribution in [2.24, 2.45) is 0 Å². The fourth-order valence-electron chi connectivity index (χ4n) is 2.78. The SMILES string of the molecule is [CH3-].[Ru+].c1ccc(-c2cccc(-c3ccccn3)n2)nc1.c1ccc(-c2ccccn2)nc1. The number of rotatable bonds is 3. The maximum atomic E-state index is 4.59. The van der Waals surface area contributed by atoms with E-state index in [0.29, 0.717) is 0 Å². The zero-order chi connectivity index (χ0) is 20.4. The number of pyridine rings is 5. The number of nitrogens with zero attached hydrogens (tertiary/aromatic N) is 5. The molecular formula is C26H22N5Ru. The van der Waals surface area contributed by atoms with Crippen LogP contribution in [0.25, 0.3) is 34.2 Å². The van der Waals surface area contributed by atoms with E-state index in [2.05, 4.69) is 24.9 Å². The molecule has 0 aliphatic heterocycles. The van der Waals surface area contributed by atoms with Gasteiger partial charge in [-0.1, -0.05) is 30.3 Å². The van der Waals surface area contributed by atoms with Gasteiger partial charge in [-0.25, -0.2) is 4.98 Å². The molecule has 5 aromatic rings. The van der Waals surface area contributed by atoms with Gasteiger partial charge in [0.15, 0.2) is 0 Å². The van der Waals surface area contributed by atoms with Gasteiger partial charge in [-0.15, -0.1) is 0 Å². The van der Waals surface area contributed by atoms with E-state index in [1.165, 1.54) is 0 Å². The van der Waals surface area contributed by atoms with Crippen LogP contribution >= 0.6 is 0 Å². The predicted octanol–water partition coefficient (Wildman–Crippen LogP) is 5.80. The largest absolute Gasteiger partial charge is 1.00 e. The average Bonchev–Trinajstić information content (AvgIpc) is 2.87. The van der Waals surface area contributed by atoms with E-state index in [4.69, 9.17) is 0 Å². The molecule has 0 aromatic carbocycles. The van der Waals surface area contributed by atoms with Crippen LogP contribution in [0, 0.1) is 7.43 Å². The Morgan fingerprint density at radius 3 is 0.906 bits per heavy atom. The standard InChI is InChI=1S/C15H11N3.C10H8N2.CH3.Ru/c1-3-10-16-12(6-1)14-8-5-9-15(18-14)13-7-2-4-11-17-13;1-3-7-11-9(5-1)10-6-2-4-8-12-10;;/h1-11H;1-8H;1H3;/q;;-1;+1. The van der Waals surface area contributed by atoms with Gasteiger partial charge >= 0.3 is 19.5 Å². The molecule has 0 aliphatic rings. The van der Waals surface area contributed by atoms with Crippen molar-refractivity contribution >= 4 is 0 Å². The van der Waals surface area contributed by atoms with Crippen molar-refractivity contribution in [1.82, 2.24) is 24.9 Å². The third kappa shape index (κ3) is 6.69. The van der Waals surface area contributed by atoms with Crippen molar-refractivity contribution in [2.75, 3.05) is 0 Å². The summed E-state index contributed by atoms with van der Waals surface area (Å²) in [5, 5.41) is 0. The van der Waals surface area contributed by atoms with E-state index in [1.54, 1.807) is 24.8 Å². The zero-order valence-electron chi connectivity index (χ0n) is 17.6. The summed E-state index contributed by atoms with van der Waals surface area (Å²) in [7, 11) is 0. The van der Waals surface area contributed by atoms with Gasteiger partial charge in [0, 0.05) is 24.8 Å². The van der Waals surface area contributed by atoms with Crippen LogP contribution in [0.15, 0.2) is 116 Å². The van der Waals surface area contributed by atoms with Crippen LogP contribution in [0.5, 0.6) is 0 Å². The maximum absolute atomic E-state index is 4.59. The second kappa shape index (κ2) is 12.9. The third-order valence-electron chi connectivity index (χ3n) is 4.20. The molecule has 0 atom stereocenters. The summed E-state index contributed by atoms with van der Waals surface area (Å²) >= 11 is 0. The number of hydrogen-bond donors (Lipinski definition) is 0. The first kappa shape index (κ1) is 24.6. The van der Waals surface area contributed by atoms with Crippen molar-refractivity contribution < 1.29 is 19.5 Å². The normalized spacial score (nSPS) is 9.38. The molecule has 0 unspecified atom stereocenters. The Kier molecular flexibility index (Phi) is 9.96. The monoisotopic (exact) mass is 506 g/mol. The molecular weight excluding hydrogens is 483 g/mol. The second-order valence-corrected chi connectivity index (χ2v) is 6.27. The molecule has 5 heterocycles. The molecule has 1 radical (unpaired) electrons. The third-order valence-corrected chi connectivity index (χ3v) is 4.20. The minimum atomic E-state index is 0. The van der Waals surface area contributed by atoms with Crippen molar-refractivity contribution in [2.45, 2.75) is 0 Å². The van der Waals surface area contributed by atoms with E-state index in [-0.39, 0.29) is 26.9 Å². The first-order valence-corrected chi connectivity index (χ1v) is 9.52. The molecule has 5 nitrogen and oxygen atoms in total. The summed E-state index contributed by atoms with van der Waals surface area (Å²) in [6.45, 7) is 0. The van der Waals surface area contributed by atoms with Crippen LogP contribution < -0.4 is 0 Å². The summed E-state index contributed by atoms with van der Waals surface area (Å²) in [6, 6.07) is 29.1. The average molecular weight is 506 g/mol. The zero-order valence-corrected chi connectivity index (χ0v) is 19.3. The minimum absolute atomic E-state index is 0. The Balaban J connectivity index is 0.000000229. The van der Waals surface area contributed by atoms with Crippen LogP contribution in [-0.4, -0.2) is 24.9 Å². The van der Waals surface area contributed by atoms with Crippen molar-refractivity contribution in [3.05, 3.63) is 123 Å². The fraction of sp³-hybridized carbons (Fsp3) is 0. The molecule has 5 aromatic heterocycles. The van der Waals surface area contributed by atoms with E-state index < -0.39 is 0 Å². The topological polar surface area (TPSA) is 64.5 Å².